The Morgan fingerprint density at radius 2 is 2.06 bits per heavy atom. The number of thiophene rings is 1. The van der Waals surface area contributed by atoms with Gasteiger partial charge in [0.25, 0.3) is 0 Å². The first-order valence-corrected chi connectivity index (χ1v) is 6.11. The van der Waals surface area contributed by atoms with Crippen molar-refractivity contribution in [2.24, 2.45) is 0 Å². The van der Waals surface area contributed by atoms with E-state index in [1.54, 1.807) is 11.3 Å². The second-order valence-corrected chi connectivity index (χ2v) is 4.41. The smallest absolute Gasteiger partial charge is 0.183 e. The van der Waals surface area contributed by atoms with Crippen LogP contribution in [0.15, 0.2) is 29.0 Å². The lowest BCUT2D eigenvalue weighted by Crippen LogP contribution is -2.09. The topological polar surface area (TPSA) is 38.0 Å². The Morgan fingerprint density at radius 1 is 1.24 bits per heavy atom. The Bertz CT molecular complexity index is 497. The molecule has 90 valence electrons. The molecule has 0 unspecified atom stereocenters. The monoisotopic (exact) mass is 254 g/mol. The molecule has 1 heterocycles. The summed E-state index contributed by atoms with van der Waals surface area (Å²) in [6, 6.07) is 4.37. The molecule has 0 aliphatic carbocycles. The largest absolute Gasteiger partial charge is 0.397 e. The van der Waals surface area contributed by atoms with Crippen LogP contribution in [0.2, 0.25) is 0 Å². The molecule has 0 bridgehead atoms. The van der Waals surface area contributed by atoms with Crippen LogP contribution in [0.25, 0.3) is 0 Å². The Hall–Kier alpha value is -1.62. The van der Waals surface area contributed by atoms with Gasteiger partial charge < -0.3 is 11.1 Å². The van der Waals surface area contributed by atoms with Crippen LogP contribution in [0.5, 0.6) is 0 Å². The van der Waals surface area contributed by atoms with Crippen molar-refractivity contribution in [3.05, 3.63) is 46.2 Å². The lowest BCUT2D eigenvalue weighted by Gasteiger charge is -2.10. The van der Waals surface area contributed by atoms with Gasteiger partial charge in [-0.1, -0.05) is 0 Å². The standard InChI is InChI=1S/C12H12F2N2S/c13-9-1-2-10(15)12(11(9)14)16-5-3-8-4-6-17-7-8/h1-2,4,6-7,16H,3,5,15H2. The predicted molar refractivity (Wildman–Crippen MR) is 67.3 cm³/mol. The number of nitrogens with one attached hydrogen (secondary N) is 1. The van der Waals surface area contributed by atoms with E-state index < -0.39 is 11.6 Å². The number of hydrogen-bond acceptors (Lipinski definition) is 3. The minimum Gasteiger partial charge on any atom is -0.397 e. The number of anilines is 2. The molecule has 0 atom stereocenters. The summed E-state index contributed by atoms with van der Waals surface area (Å²) >= 11 is 1.61. The van der Waals surface area contributed by atoms with Crippen LogP contribution in [-0.2, 0) is 6.42 Å². The first-order chi connectivity index (χ1) is 8.18. The third kappa shape index (κ3) is 2.74. The summed E-state index contributed by atoms with van der Waals surface area (Å²) in [4.78, 5) is 0. The molecule has 0 saturated carbocycles. The fourth-order valence-corrected chi connectivity index (χ4v) is 2.22. The van der Waals surface area contributed by atoms with Crippen molar-refractivity contribution < 1.29 is 8.78 Å². The quantitative estimate of drug-likeness (QED) is 0.822. The summed E-state index contributed by atoms with van der Waals surface area (Å²) in [7, 11) is 0. The van der Waals surface area contributed by atoms with Crippen LogP contribution in [-0.4, -0.2) is 6.54 Å². The third-order valence-electron chi connectivity index (χ3n) is 2.42. The minimum absolute atomic E-state index is 0.0419. The molecule has 0 radical (unpaired) electrons. The van der Waals surface area contributed by atoms with E-state index in [1.165, 1.54) is 6.07 Å². The summed E-state index contributed by atoms with van der Waals surface area (Å²) in [6.45, 7) is 0.515. The second kappa shape index (κ2) is 5.14. The molecule has 5 heteroatoms. The first-order valence-electron chi connectivity index (χ1n) is 5.17. The zero-order chi connectivity index (χ0) is 12.3. The zero-order valence-corrected chi connectivity index (χ0v) is 9.86. The van der Waals surface area contributed by atoms with E-state index in [-0.39, 0.29) is 11.4 Å². The number of nitrogens with two attached hydrogens (primary N) is 1. The Balaban J connectivity index is 2.01. The minimum atomic E-state index is -0.921. The van der Waals surface area contributed by atoms with Gasteiger partial charge >= 0.3 is 0 Å². The van der Waals surface area contributed by atoms with Gasteiger partial charge in [0.2, 0.25) is 0 Å². The zero-order valence-electron chi connectivity index (χ0n) is 9.04. The van der Waals surface area contributed by atoms with Gasteiger partial charge in [-0.25, -0.2) is 8.78 Å². The highest BCUT2D eigenvalue weighted by atomic mass is 32.1. The highest BCUT2D eigenvalue weighted by molar-refractivity contribution is 7.07. The summed E-state index contributed by atoms with van der Waals surface area (Å²) in [6.07, 6.45) is 0.749. The number of rotatable bonds is 4. The molecule has 0 spiro atoms. The molecule has 0 fully saturated rings. The molecular formula is C12H12F2N2S. The molecule has 0 saturated heterocycles. The average Bonchev–Trinajstić information content (AvgIpc) is 2.81. The van der Waals surface area contributed by atoms with Crippen LogP contribution < -0.4 is 11.1 Å². The highest BCUT2D eigenvalue weighted by Gasteiger charge is 2.10. The molecule has 0 aliphatic rings. The van der Waals surface area contributed by atoms with Gasteiger partial charge in [-0.2, -0.15) is 11.3 Å². The van der Waals surface area contributed by atoms with Gasteiger partial charge in [0.1, 0.15) is 0 Å². The summed E-state index contributed by atoms with van der Waals surface area (Å²) in [5.74, 6) is -1.81. The second-order valence-electron chi connectivity index (χ2n) is 3.63. The molecule has 2 rings (SSSR count). The normalized spacial score (nSPS) is 10.5. The fourth-order valence-electron chi connectivity index (χ4n) is 1.51. The molecule has 1 aromatic heterocycles. The van der Waals surface area contributed by atoms with Crippen molar-refractivity contribution in [1.82, 2.24) is 0 Å². The van der Waals surface area contributed by atoms with Gasteiger partial charge in [-0.3, -0.25) is 0 Å². The maximum atomic E-state index is 13.4. The van der Waals surface area contributed by atoms with E-state index in [0.29, 0.717) is 6.54 Å². The lowest BCUT2D eigenvalue weighted by atomic mass is 10.2. The van der Waals surface area contributed by atoms with Crippen LogP contribution in [0.1, 0.15) is 5.56 Å². The summed E-state index contributed by atoms with van der Waals surface area (Å²) in [5, 5.41) is 6.82. The van der Waals surface area contributed by atoms with E-state index in [4.69, 9.17) is 5.73 Å². The van der Waals surface area contributed by atoms with E-state index in [1.807, 2.05) is 16.8 Å². The number of nitrogen functional groups attached to an aromatic ring is 1. The van der Waals surface area contributed by atoms with Crippen molar-refractivity contribution >= 4 is 22.7 Å². The van der Waals surface area contributed by atoms with Crippen molar-refractivity contribution in [1.29, 1.82) is 0 Å². The summed E-state index contributed by atoms with van der Waals surface area (Å²) < 4.78 is 26.4. The van der Waals surface area contributed by atoms with Crippen molar-refractivity contribution in [3.63, 3.8) is 0 Å². The highest BCUT2D eigenvalue weighted by Crippen LogP contribution is 2.24. The predicted octanol–water partition coefficient (Wildman–Crippen LogP) is 3.26. The maximum Gasteiger partial charge on any atom is 0.183 e. The van der Waals surface area contributed by atoms with Gasteiger partial charge in [-0.05, 0) is 40.9 Å². The SMILES string of the molecule is Nc1ccc(F)c(F)c1NCCc1ccsc1. The molecule has 3 N–H and O–H groups in total. The molecule has 0 amide bonds. The third-order valence-corrected chi connectivity index (χ3v) is 3.15. The van der Waals surface area contributed by atoms with E-state index >= 15 is 0 Å². The average molecular weight is 254 g/mol. The van der Waals surface area contributed by atoms with Crippen LogP contribution in [0, 0.1) is 11.6 Å². The Morgan fingerprint density at radius 3 is 2.76 bits per heavy atom. The van der Waals surface area contributed by atoms with Crippen molar-refractivity contribution in [2.45, 2.75) is 6.42 Å². The molecule has 2 nitrogen and oxygen atoms in total. The van der Waals surface area contributed by atoms with E-state index in [9.17, 15) is 8.78 Å². The van der Waals surface area contributed by atoms with Gasteiger partial charge in [0.15, 0.2) is 11.6 Å². The van der Waals surface area contributed by atoms with Gasteiger partial charge in [-0.15, -0.1) is 0 Å². The number of benzene rings is 1. The lowest BCUT2D eigenvalue weighted by molar-refractivity contribution is 0.511. The molecule has 17 heavy (non-hydrogen) atoms. The Kier molecular flexibility index (Phi) is 3.58. The van der Waals surface area contributed by atoms with E-state index in [2.05, 4.69) is 5.32 Å². The van der Waals surface area contributed by atoms with Crippen molar-refractivity contribution in [2.75, 3.05) is 17.6 Å². The van der Waals surface area contributed by atoms with E-state index in [0.717, 1.165) is 18.1 Å². The number of halogens is 2. The molecule has 1 aromatic carbocycles. The van der Waals surface area contributed by atoms with Crippen molar-refractivity contribution in [3.8, 4) is 0 Å². The number of hydrogen-bond donors (Lipinski definition) is 2. The molecule has 0 aliphatic heterocycles. The molecular weight excluding hydrogens is 242 g/mol. The van der Waals surface area contributed by atoms with Gasteiger partial charge in [0, 0.05) is 6.54 Å². The first kappa shape index (κ1) is 11.9. The fraction of sp³-hybridized carbons (Fsp3) is 0.167. The van der Waals surface area contributed by atoms with Gasteiger partial charge in [0.05, 0.1) is 11.4 Å². The van der Waals surface area contributed by atoms with Crippen LogP contribution in [0.3, 0.4) is 0 Å². The summed E-state index contributed by atoms with van der Waals surface area (Å²) in [5.41, 5.74) is 7.01. The maximum absolute atomic E-state index is 13.4. The van der Waals surface area contributed by atoms with Crippen LogP contribution >= 0.6 is 11.3 Å². The van der Waals surface area contributed by atoms with Crippen LogP contribution in [0.4, 0.5) is 20.2 Å². The Labute approximate surface area is 102 Å². The molecule has 2 aromatic rings.